The lowest BCUT2D eigenvalue weighted by molar-refractivity contribution is -0.119. The van der Waals surface area contributed by atoms with Crippen molar-refractivity contribution in [1.82, 2.24) is 30.6 Å². The monoisotopic (exact) mass is 682 g/mol. The largest absolute Gasteiger partial charge is 0.480 e. The van der Waals surface area contributed by atoms with E-state index in [0.717, 1.165) is 25.0 Å². The molecule has 47 heavy (non-hydrogen) atoms. The van der Waals surface area contributed by atoms with E-state index in [1.54, 1.807) is 19.5 Å². The number of benzene rings is 2. The number of carbonyl (C=O) groups excluding carboxylic acids is 1. The lowest BCUT2D eigenvalue weighted by Gasteiger charge is -2.35. The van der Waals surface area contributed by atoms with Crippen LogP contribution in [0.2, 0.25) is 10.0 Å². The summed E-state index contributed by atoms with van der Waals surface area (Å²) in [6.07, 6.45) is 6.72. The summed E-state index contributed by atoms with van der Waals surface area (Å²) in [5.74, 6) is -1.79. The smallest absolute Gasteiger partial charge is 0.251 e. The summed E-state index contributed by atoms with van der Waals surface area (Å²) in [6.45, 7) is 0.252. The third-order valence-corrected chi connectivity index (χ3v) is 9.36. The molecule has 2 aromatic carbocycles. The first-order chi connectivity index (χ1) is 22.7. The molecule has 4 aromatic rings. The molecular formula is C34H34Cl2F2N6O3. The molecule has 13 heteroatoms. The van der Waals surface area contributed by atoms with E-state index >= 15 is 0 Å². The quantitative estimate of drug-likeness (QED) is 0.163. The van der Waals surface area contributed by atoms with Gasteiger partial charge in [-0.25, -0.2) is 18.7 Å². The van der Waals surface area contributed by atoms with Crippen molar-refractivity contribution >= 4 is 29.1 Å². The molecule has 1 saturated carbocycles. The van der Waals surface area contributed by atoms with Crippen LogP contribution >= 0.6 is 23.2 Å². The number of methoxy groups -OCH3 is 2. The van der Waals surface area contributed by atoms with E-state index in [2.05, 4.69) is 25.6 Å². The topological polar surface area (TPSA) is 111 Å². The van der Waals surface area contributed by atoms with E-state index in [0.29, 0.717) is 68.1 Å². The average Bonchev–Trinajstić information content (AvgIpc) is 3.47. The zero-order valence-corrected chi connectivity index (χ0v) is 27.5. The normalized spacial score (nSPS) is 17.3. The molecule has 2 aliphatic rings. The van der Waals surface area contributed by atoms with Gasteiger partial charge in [0, 0.05) is 60.1 Å². The van der Waals surface area contributed by atoms with Crippen LogP contribution in [0.4, 0.5) is 8.78 Å². The predicted octanol–water partition coefficient (Wildman–Crippen LogP) is 7.08. The van der Waals surface area contributed by atoms with Crippen molar-refractivity contribution in [2.75, 3.05) is 14.2 Å². The van der Waals surface area contributed by atoms with Gasteiger partial charge in [-0.3, -0.25) is 14.8 Å². The third-order valence-electron chi connectivity index (χ3n) is 8.55. The molecule has 2 N–H and O–H groups in total. The van der Waals surface area contributed by atoms with Crippen LogP contribution in [-0.2, 0) is 17.8 Å². The number of aryl methyl sites for hydroxylation is 1. The van der Waals surface area contributed by atoms with Crippen molar-refractivity contribution in [3.63, 3.8) is 0 Å². The van der Waals surface area contributed by atoms with Crippen LogP contribution in [0.25, 0.3) is 33.6 Å². The maximum absolute atomic E-state index is 13.2. The van der Waals surface area contributed by atoms with Gasteiger partial charge in [-0.2, -0.15) is 0 Å². The van der Waals surface area contributed by atoms with Crippen LogP contribution in [0.1, 0.15) is 49.9 Å². The summed E-state index contributed by atoms with van der Waals surface area (Å²) < 4.78 is 37.5. The summed E-state index contributed by atoms with van der Waals surface area (Å²) in [5, 5.41) is 6.95. The zero-order chi connectivity index (χ0) is 33.1. The second-order valence-corrected chi connectivity index (χ2v) is 12.5. The maximum atomic E-state index is 13.2. The highest BCUT2D eigenvalue weighted by Gasteiger charge is 2.45. The minimum atomic E-state index is -2.61. The van der Waals surface area contributed by atoms with E-state index < -0.39 is 5.92 Å². The van der Waals surface area contributed by atoms with Crippen molar-refractivity contribution in [3.05, 3.63) is 70.2 Å². The van der Waals surface area contributed by atoms with E-state index in [9.17, 15) is 13.6 Å². The molecule has 0 radical (unpaired) electrons. The molecule has 2 fully saturated rings. The van der Waals surface area contributed by atoms with Gasteiger partial charge in [0.25, 0.3) is 5.92 Å². The summed E-state index contributed by atoms with van der Waals surface area (Å²) in [5.41, 5.74) is 4.96. The van der Waals surface area contributed by atoms with Crippen LogP contribution in [0, 0.1) is 0 Å². The summed E-state index contributed by atoms with van der Waals surface area (Å²) in [4.78, 5) is 30.0. The van der Waals surface area contributed by atoms with Gasteiger partial charge in [-0.15, -0.1) is 0 Å². The Kier molecular flexibility index (Phi) is 9.86. The van der Waals surface area contributed by atoms with Crippen molar-refractivity contribution in [1.29, 1.82) is 0 Å². The number of rotatable bonds is 12. The Morgan fingerprint density at radius 2 is 1.45 bits per heavy atom. The van der Waals surface area contributed by atoms with Gasteiger partial charge in [0.2, 0.25) is 17.7 Å². The number of carbonyl (C=O) groups is 1. The van der Waals surface area contributed by atoms with Crippen molar-refractivity contribution < 1.29 is 23.0 Å². The molecule has 1 aliphatic heterocycles. The maximum Gasteiger partial charge on any atom is 0.251 e. The van der Waals surface area contributed by atoms with Crippen LogP contribution < -0.4 is 20.1 Å². The highest BCUT2D eigenvalue weighted by Crippen LogP contribution is 2.42. The average molecular weight is 684 g/mol. The minimum absolute atomic E-state index is 0.110. The summed E-state index contributed by atoms with van der Waals surface area (Å²) >= 11 is 14.0. The fourth-order valence-corrected chi connectivity index (χ4v) is 6.65. The molecule has 0 spiro atoms. The Morgan fingerprint density at radius 3 is 1.98 bits per heavy atom. The second kappa shape index (κ2) is 14.0. The van der Waals surface area contributed by atoms with Crippen LogP contribution in [0.5, 0.6) is 11.8 Å². The number of ether oxygens (including phenoxy) is 2. The number of hydrogen-bond donors (Lipinski definition) is 2. The Morgan fingerprint density at radius 1 is 0.894 bits per heavy atom. The number of halogens is 4. The third kappa shape index (κ3) is 7.32. The molecule has 2 aromatic heterocycles. The first-order valence-electron chi connectivity index (χ1n) is 15.4. The fourth-order valence-electron chi connectivity index (χ4n) is 6.01. The Bertz CT molecular complexity index is 1790. The van der Waals surface area contributed by atoms with E-state index in [1.807, 2.05) is 36.4 Å². The van der Waals surface area contributed by atoms with Gasteiger partial charge in [0.05, 0.1) is 48.0 Å². The molecule has 9 nitrogen and oxygen atoms in total. The zero-order valence-electron chi connectivity index (χ0n) is 26.0. The highest BCUT2D eigenvalue weighted by atomic mass is 35.5. The molecule has 3 heterocycles. The highest BCUT2D eigenvalue weighted by molar-refractivity contribution is 6.39. The van der Waals surface area contributed by atoms with Gasteiger partial charge in [-0.05, 0) is 25.7 Å². The number of hydrogen-bond acceptors (Lipinski definition) is 8. The molecule has 6 rings (SSSR count). The number of nitrogens with zero attached hydrogens (tertiary/aromatic N) is 4. The van der Waals surface area contributed by atoms with Gasteiger partial charge >= 0.3 is 0 Å². The first kappa shape index (κ1) is 33.0. The van der Waals surface area contributed by atoms with E-state index in [-0.39, 0.29) is 43.3 Å². The van der Waals surface area contributed by atoms with Crippen molar-refractivity contribution in [2.45, 2.75) is 69.5 Å². The number of nitrogens with one attached hydrogen (secondary N) is 2. The first-order valence-corrected chi connectivity index (χ1v) is 16.2. The number of alkyl halides is 2. The SMILES string of the molecule is COc1nc(-c2cccc(-c3cccc(-c4cnc(CNC5CC(F)(F)C5)c(OC)n4)c3Cl)c2Cl)cnc1CCC[C@@H]1CCC(=O)N1. The standard InChI is InChI=1S/C34H34Cl2F2N6O3/c1-46-32-25(11-3-6-19-12-13-29(45)42-19)40-16-26(43-32)23-9-4-7-21(30(23)35)22-8-5-10-24(31(22)36)27-17-41-28(33(44-27)47-2)18-39-20-14-34(37,38)15-20/h4-5,7-10,16-17,19-20,39H,3,6,11-15,18H2,1-2H3,(H,42,45)/t19-/m1/s1. The number of aromatic nitrogens is 4. The summed E-state index contributed by atoms with van der Waals surface area (Å²) in [6, 6.07) is 11.1. The Balaban J connectivity index is 1.22. The molecular weight excluding hydrogens is 649 g/mol. The second-order valence-electron chi connectivity index (χ2n) is 11.8. The summed E-state index contributed by atoms with van der Waals surface area (Å²) in [7, 11) is 3.05. The molecule has 0 unspecified atom stereocenters. The molecule has 246 valence electrons. The van der Waals surface area contributed by atoms with Gasteiger partial charge in [0.1, 0.15) is 11.4 Å². The molecule has 0 bridgehead atoms. The van der Waals surface area contributed by atoms with Crippen molar-refractivity contribution in [3.8, 4) is 45.4 Å². The van der Waals surface area contributed by atoms with Crippen molar-refractivity contribution in [2.24, 2.45) is 0 Å². The molecule has 1 amide bonds. The Hall–Kier alpha value is -3.93. The number of amides is 1. The molecule has 1 atom stereocenters. The van der Waals surface area contributed by atoms with Gasteiger partial charge in [-0.1, -0.05) is 59.6 Å². The lowest BCUT2D eigenvalue weighted by Crippen LogP contribution is -2.48. The van der Waals surface area contributed by atoms with Gasteiger partial charge < -0.3 is 20.1 Å². The minimum Gasteiger partial charge on any atom is -0.480 e. The van der Waals surface area contributed by atoms with E-state index in [1.165, 1.54) is 7.11 Å². The predicted molar refractivity (Wildman–Crippen MR) is 176 cm³/mol. The van der Waals surface area contributed by atoms with Crippen LogP contribution in [0.15, 0.2) is 48.8 Å². The molecule has 1 saturated heterocycles. The molecule has 1 aliphatic carbocycles. The lowest BCUT2D eigenvalue weighted by atomic mass is 9.88. The Labute approximate surface area is 281 Å². The fraction of sp³-hybridized carbons (Fsp3) is 0.382. The van der Waals surface area contributed by atoms with Crippen LogP contribution in [-0.4, -0.2) is 58.1 Å². The van der Waals surface area contributed by atoms with Crippen LogP contribution in [0.3, 0.4) is 0 Å². The van der Waals surface area contributed by atoms with E-state index in [4.69, 9.17) is 37.7 Å². The van der Waals surface area contributed by atoms with Gasteiger partial charge in [0.15, 0.2) is 0 Å².